The number of rotatable bonds is 5. The Bertz CT molecular complexity index is 848. The van der Waals surface area contributed by atoms with E-state index in [-0.39, 0.29) is 17.3 Å². The van der Waals surface area contributed by atoms with Gasteiger partial charge in [-0.15, -0.1) is 0 Å². The molecule has 0 aromatic heterocycles. The molecule has 1 aliphatic heterocycles. The van der Waals surface area contributed by atoms with Crippen LogP contribution in [0.25, 0.3) is 0 Å². The van der Waals surface area contributed by atoms with Gasteiger partial charge in [-0.25, -0.2) is 4.39 Å². The van der Waals surface area contributed by atoms with Crippen LogP contribution in [0.3, 0.4) is 0 Å². The van der Waals surface area contributed by atoms with Crippen molar-refractivity contribution in [2.24, 2.45) is 0 Å². The van der Waals surface area contributed by atoms with E-state index in [0.717, 1.165) is 50.7 Å². The molecule has 0 unspecified atom stereocenters. The highest BCUT2D eigenvalue weighted by Crippen LogP contribution is 2.18. The molecular weight excluding hydrogens is 349 g/mol. The molecule has 1 fully saturated rings. The average molecular weight is 371 g/mol. The molecule has 27 heavy (non-hydrogen) atoms. The molecule has 0 radical (unpaired) electrons. The van der Waals surface area contributed by atoms with Crippen molar-refractivity contribution >= 4 is 11.6 Å². The van der Waals surface area contributed by atoms with Gasteiger partial charge in [-0.05, 0) is 31.4 Å². The van der Waals surface area contributed by atoms with Gasteiger partial charge in [0.25, 0.3) is 11.6 Å². The molecule has 1 heterocycles. The number of piperidine rings is 1. The van der Waals surface area contributed by atoms with Crippen molar-refractivity contribution in [1.29, 1.82) is 0 Å². The number of nitrogens with one attached hydrogen (secondary N) is 1. The summed E-state index contributed by atoms with van der Waals surface area (Å²) >= 11 is 0. The number of non-ortho nitro benzene ring substituents is 1. The Kier molecular flexibility index (Phi) is 5.81. The summed E-state index contributed by atoms with van der Waals surface area (Å²) in [6.07, 6.45) is 1.57. The van der Waals surface area contributed by atoms with E-state index in [1.807, 2.05) is 0 Å². The molecule has 2 aromatic rings. The maximum absolute atomic E-state index is 14.0. The predicted molar refractivity (Wildman–Crippen MR) is 100.0 cm³/mol. The van der Waals surface area contributed by atoms with Gasteiger partial charge in [0.15, 0.2) is 0 Å². The second-order valence-corrected chi connectivity index (χ2v) is 6.93. The van der Waals surface area contributed by atoms with Crippen LogP contribution in [-0.4, -0.2) is 34.9 Å². The van der Waals surface area contributed by atoms with E-state index in [0.29, 0.717) is 0 Å². The van der Waals surface area contributed by atoms with Gasteiger partial charge < -0.3 is 5.32 Å². The Labute approximate surface area is 157 Å². The maximum atomic E-state index is 14.0. The highest BCUT2D eigenvalue weighted by atomic mass is 19.1. The number of nitro benzene ring substituents is 1. The molecule has 0 bridgehead atoms. The molecule has 1 amide bonds. The average Bonchev–Trinajstić information content (AvgIpc) is 2.63. The molecule has 0 saturated carbocycles. The molecular formula is C20H22FN3O3. The van der Waals surface area contributed by atoms with Gasteiger partial charge in [0, 0.05) is 31.7 Å². The van der Waals surface area contributed by atoms with Crippen LogP contribution < -0.4 is 5.32 Å². The lowest BCUT2D eigenvalue weighted by atomic mass is 10.0. The van der Waals surface area contributed by atoms with Gasteiger partial charge in [-0.3, -0.25) is 19.8 Å². The van der Waals surface area contributed by atoms with E-state index in [1.165, 1.54) is 11.1 Å². The van der Waals surface area contributed by atoms with Crippen molar-refractivity contribution in [2.75, 3.05) is 13.1 Å². The van der Waals surface area contributed by atoms with Crippen molar-refractivity contribution in [2.45, 2.75) is 32.4 Å². The second-order valence-electron chi connectivity index (χ2n) is 6.93. The summed E-state index contributed by atoms with van der Waals surface area (Å²) in [6, 6.07) is 11.5. The van der Waals surface area contributed by atoms with Crippen LogP contribution in [0.4, 0.5) is 10.1 Å². The Balaban J connectivity index is 1.53. The fourth-order valence-corrected chi connectivity index (χ4v) is 3.37. The Morgan fingerprint density at radius 1 is 1.26 bits per heavy atom. The fraction of sp³-hybridized carbons (Fsp3) is 0.350. The summed E-state index contributed by atoms with van der Waals surface area (Å²) in [5.74, 6) is -1.40. The molecule has 6 nitrogen and oxygen atoms in total. The number of amides is 1. The zero-order valence-electron chi connectivity index (χ0n) is 15.2. The Morgan fingerprint density at radius 3 is 2.63 bits per heavy atom. The molecule has 1 N–H and O–H groups in total. The predicted octanol–water partition coefficient (Wildman–Crippen LogP) is 3.44. The molecule has 7 heteroatoms. The van der Waals surface area contributed by atoms with Crippen LogP contribution >= 0.6 is 0 Å². The topological polar surface area (TPSA) is 75.5 Å². The molecule has 1 saturated heterocycles. The number of halogens is 1. The SMILES string of the molecule is Cc1cccc(CN2CCC(NC(=O)c3ccc([N+](=O)[O-])cc3F)CC2)c1. The number of hydrogen-bond donors (Lipinski definition) is 1. The third-order valence-corrected chi connectivity index (χ3v) is 4.82. The normalized spacial score (nSPS) is 15.5. The summed E-state index contributed by atoms with van der Waals surface area (Å²) in [5.41, 5.74) is 1.97. The minimum atomic E-state index is -0.876. The van der Waals surface area contributed by atoms with E-state index in [2.05, 4.69) is 41.4 Å². The van der Waals surface area contributed by atoms with Gasteiger partial charge in [0.05, 0.1) is 16.6 Å². The van der Waals surface area contributed by atoms with Crippen LogP contribution in [0, 0.1) is 22.9 Å². The van der Waals surface area contributed by atoms with Crippen LogP contribution in [-0.2, 0) is 6.54 Å². The van der Waals surface area contributed by atoms with Crippen molar-refractivity contribution < 1.29 is 14.1 Å². The highest BCUT2D eigenvalue weighted by Gasteiger charge is 2.23. The lowest BCUT2D eigenvalue weighted by molar-refractivity contribution is -0.385. The van der Waals surface area contributed by atoms with Crippen molar-refractivity contribution in [1.82, 2.24) is 10.2 Å². The molecule has 142 valence electrons. The minimum absolute atomic E-state index is 0.0270. The molecule has 0 spiro atoms. The fourth-order valence-electron chi connectivity index (χ4n) is 3.37. The first kappa shape index (κ1) is 19.0. The lowest BCUT2D eigenvalue weighted by Gasteiger charge is -2.32. The van der Waals surface area contributed by atoms with Crippen molar-refractivity contribution in [3.8, 4) is 0 Å². The largest absolute Gasteiger partial charge is 0.349 e. The summed E-state index contributed by atoms with van der Waals surface area (Å²) < 4.78 is 14.0. The molecule has 3 rings (SSSR count). The summed E-state index contributed by atoms with van der Waals surface area (Å²) in [5, 5.41) is 13.5. The number of aryl methyl sites for hydroxylation is 1. The molecule has 1 aliphatic rings. The van der Waals surface area contributed by atoms with Crippen LogP contribution in [0.15, 0.2) is 42.5 Å². The Hall–Kier alpha value is -2.80. The monoisotopic (exact) mass is 371 g/mol. The van der Waals surface area contributed by atoms with Crippen LogP contribution in [0.1, 0.15) is 34.3 Å². The van der Waals surface area contributed by atoms with E-state index in [1.54, 1.807) is 0 Å². The number of benzene rings is 2. The van der Waals surface area contributed by atoms with Crippen molar-refractivity contribution in [3.05, 3.63) is 75.1 Å². The van der Waals surface area contributed by atoms with Gasteiger partial charge in [0.1, 0.15) is 5.82 Å². The number of likely N-dealkylation sites (tertiary alicyclic amines) is 1. The number of nitrogens with zero attached hydrogens (tertiary/aromatic N) is 2. The Morgan fingerprint density at radius 2 is 2.00 bits per heavy atom. The number of carbonyl (C=O) groups excluding carboxylic acids is 1. The number of hydrogen-bond acceptors (Lipinski definition) is 4. The van der Waals surface area contributed by atoms with Crippen LogP contribution in [0.5, 0.6) is 0 Å². The zero-order valence-corrected chi connectivity index (χ0v) is 15.2. The molecule has 0 atom stereocenters. The maximum Gasteiger partial charge on any atom is 0.272 e. The third kappa shape index (κ3) is 4.89. The zero-order chi connectivity index (χ0) is 19.4. The van der Waals surface area contributed by atoms with E-state index in [9.17, 15) is 19.3 Å². The van der Waals surface area contributed by atoms with Gasteiger partial charge in [-0.2, -0.15) is 0 Å². The second kappa shape index (κ2) is 8.26. The smallest absolute Gasteiger partial charge is 0.272 e. The van der Waals surface area contributed by atoms with Gasteiger partial charge in [-0.1, -0.05) is 29.8 Å². The summed E-state index contributed by atoms with van der Waals surface area (Å²) in [6.45, 7) is 4.64. The lowest BCUT2D eigenvalue weighted by Crippen LogP contribution is -2.44. The third-order valence-electron chi connectivity index (χ3n) is 4.82. The van der Waals surface area contributed by atoms with Crippen LogP contribution in [0.2, 0.25) is 0 Å². The molecule has 2 aromatic carbocycles. The van der Waals surface area contributed by atoms with E-state index in [4.69, 9.17) is 0 Å². The first-order valence-electron chi connectivity index (χ1n) is 8.95. The summed E-state index contributed by atoms with van der Waals surface area (Å²) in [7, 11) is 0. The quantitative estimate of drug-likeness (QED) is 0.645. The van der Waals surface area contributed by atoms with E-state index < -0.39 is 16.6 Å². The standard InChI is InChI=1S/C20H22FN3O3/c1-14-3-2-4-15(11-14)13-23-9-7-16(8-10-23)22-20(25)18-6-5-17(24(26)27)12-19(18)21/h2-6,11-12,16H,7-10,13H2,1H3,(H,22,25). The number of carbonyl (C=O) groups is 1. The summed E-state index contributed by atoms with van der Waals surface area (Å²) in [4.78, 5) is 24.6. The molecule has 0 aliphatic carbocycles. The van der Waals surface area contributed by atoms with Crippen molar-refractivity contribution in [3.63, 3.8) is 0 Å². The number of nitro groups is 1. The van der Waals surface area contributed by atoms with E-state index >= 15 is 0 Å². The first-order valence-corrected chi connectivity index (χ1v) is 8.95. The minimum Gasteiger partial charge on any atom is -0.349 e. The first-order chi connectivity index (χ1) is 12.9. The van der Waals surface area contributed by atoms with Gasteiger partial charge >= 0.3 is 0 Å². The highest BCUT2D eigenvalue weighted by molar-refractivity contribution is 5.94. The van der Waals surface area contributed by atoms with Gasteiger partial charge in [0.2, 0.25) is 0 Å².